The third-order valence-electron chi connectivity index (χ3n) is 3.14. The van der Waals surface area contributed by atoms with Crippen LogP contribution in [0.2, 0.25) is 0 Å². The fraction of sp³-hybridized carbons (Fsp3) is 1.00. The van der Waals surface area contributed by atoms with E-state index in [-0.39, 0.29) is 5.41 Å². The minimum atomic E-state index is -3.32. The summed E-state index contributed by atoms with van der Waals surface area (Å²) >= 11 is 0. The van der Waals surface area contributed by atoms with Crippen LogP contribution in [0.15, 0.2) is 0 Å². The third-order valence-corrected chi connectivity index (χ3v) is 5.03. The molecule has 0 spiro atoms. The van der Waals surface area contributed by atoms with E-state index in [1.54, 1.807) is 14.1 Å². The summed E-state index contributed by atoms with van der Waals surface area (Å²) in [6.45, 7) is 8.11. The van der Waals surface area contributed by atoms with Gasteiger partial charge in [0.25, 0.3) is 10.2 Å². The summed E-state index contributed by atoms with van der Waals surface area (Å²) < 4.78 is 27.5. The first kappa shape index (κ1) is 16.9. The molecule has 1 aliphatic rings. The molecule has 0 unspecified atom stereocenters. The maximum atomic E-state index is 12.3. The molecule has 1 saturated carbocycles. The fourth-order valence-corrected chi connectivity index (χ4v) is 3.38. The molecule has 0 amide bonds. The van der Waals surface area contributed by atoms with Gasteiger partial charge in [0.05, 0.1) is 0 Å². The molecule has 0 radical (unpaired) electrons. The molecular weight excluding hydrogens is 262 g/mol. The standard InChI is InChI=1S/C13H29N3O2S/c1-13(2,3)11-16(5)19(17,18)15(4)10-6-9-14-12-7-8-12/h12,14H,6-11H2,1-5H3. The van der Waals surface area contributed by atoms with Crippen molar-refractivity contribution in [3.8, 4) is 0 Å². The number of nitrogens with zero attached hydrogens (tertiary/aromatic N) is 2. The van der Waals surface area contributed by atoms with Crippen molar-refractivity contribution in [3.05, 3.63) is 0 Å². The molecule has 0 bridgehead atoms. The molecule has 1 N–H and O–H groups in total. The van der Waals surface area contributed by atoms with E-state index < -0.39 is 10.2 Å². The lowest BCUT2D eigenvalue weighted by Crippen LogP contribution is -2.43. The third kappa shape index (κ3) is 6.21. The van der Waals surface area contributed by atoms with E-state index in [0.717, 1.165) is 13.0 Å². The number of hydrogen-bond acceptors (Lipinski definition) is 3. The molecule has 114 valence electrons. The van der Waals surface area contributed by atoms with Crippen LogP contribution in [0, 0.1) is 5.41 Å². The van der Waals surface area contributed by atoms with Gasteiger partial charge < -0.3 is 5.32 Å². The van der Waals surface area contributed by atoms with E-state index in [4.69, 9.17) is 0 Å². The van der Waals surface area contributed by atoms with Crippen LogP contribution in [0.3, 0.4) is 0 Å². The van der Waals surface area contributed by atoms with Gasteiger partial charge in [-0.3, -0.25) is 0 Å². The second-order valence-corrected chi connectivity index (χ2v) is 8.87. The zero-order valence-electron chi connectivity index (χ0n) is 12.9. The lowest BCUT2D eigenvalue weighted by Gasteiger charge is -2.29. The van der Waals surface area contributed by atoms with Gasteiger partial charge >= 0.3 is 0 Å². The van der Waals surface area contributed by atoms with Crippen molar-refractivity contribution in [2.75, 3.05) is 33.7 Å². The van der Waals surface area contributed by atoms with Gasteiger partial charge in [-0.25, -0.2) is 0 Å². The topological polar surface area (TPSA) is 52.7 Å². The van der Waals surface area contributed by atoms with Gasteiger partial charge in [0.1, 0.15) is 0 Å². The van der Waals surface area contributed by atoms with Crippen LogP contribution in [-0.4, -0.2) is 56.8 Å². The van der Waals surface area contributed by atoms with Crippen molar-refractivity contribution in [1.29, 1.82) is 0 Å². The van der Waals surface area contributed by atoms with Gasteiger partial charge in [-0.15, -0.1) is 0 Å². The smallest absolute Gasteiger partial charge is 0.281 e. The van der Waals surface area contributed by atoms with Crippen LogP contribution in [0.5, 0.6) is 0 Å². The molecule has 0 heterocycles. The molecule has 0 aromatic carbocycles. The van der Waals surface area contributed by atoms with E-state index >= 15 is 0 Å². The Morgan fingerprint density at radius 3 is 2.21 bits per heavy atom. The van der Waals surface area contributed by atoms with Crippen molar-refractivity contribution < 1.29 is 8.42 Å². The maximum Gasteiger partial charge on any atom is 0.281 e. The molecule has 1 rings (SSSR count). The fourth-order valence-electron chi connectivity index (χ4n) is 2.00. The maximum absolute atomic E-state index is 12.3. The highest BCUT2D eigenvalue weighted by Gasteiger charge is 2.27. The lowest BCUT2D eigenvalue weighted by atomic mass is 9.97. The van der Waals surface area contributed by atoms with Crippen LogP contribution in [0.4, 0.5) is 0 Å². The molecule has 1 fully saturated rings. The predicted molar refractivity (Wildman–Crippen MR) is 79.3 cm³/mol. The van der Waals surface area contributed by atoms with Gasteiger partial charge in [-0.1, -0.05) is 20.8 Å². The molecule has 0 aromatic rings. The average Bonchev–Trinajstić information content (AvgIpc) is 3.05. The van der Waals surface area contributed by atoms with Gasteiger partial charge in [0.2, 0.25) is 0 Å². The summed E-state index contributed by atoms with van der Waals surface area (Å²) in [5.41, 5.74) is -0.0316. The Bertz CT molecular complexity index is 372. The van der Waals surface area contributed by atoms with E-state index in [2.05, 4.69) is 5.32 Å². The zero-order chi connectivity index (χ0) is 14.7. The molecule has 0 atom stereocenters. The van der Waals surface area contributed by atoms with Crippen molar-refractivity contribution in [2.45, 2.75) is 46.1 Å². The Kier molecular flexibility index (Phi) is 5.79. The first-order chi connectivity index (χ1) is 8.63. The van der Waals surface area contributed by atoms with Crippen molar-refractivity contribution >= 4 is 10.2 Å². The van der Waals surface area contributed by atoms with Crippen LogP contribution in [-0.2, 0) is 10.2 Å². The monoisotopic (exact) mass is 291 g/mol. The highest BCUT2D eigenvalue weighted by Crippen LogP contribution is 2.19. The van der Waals surface area contributed by atoms with Crippen molar-refractivity contribution in [2.24, 2.45) is 5.41 Å². The van der Waals surface area contributed by atoms with Gasteiger partial charge in [-0.2, -0.15) is 17.0 Å². The van der Waals surface area contributed by atoms with Crippen LogP contribution in [0.25, 0.3) is 0 Å². The van der Waals surface area contributed by atoms with E-state index in [0.29, 0.717) is 19.1 Å². The second-order valence-electron chi connectivity index (χ2n) is 6.73. The van der Waals surface area contributed by atoms with E-state index in [1.165, 1.54) is 21.5 Å². The molecule has 5 nitrogen and oxygen atoms in total. The quantitative estimate of drug-likeness (QED) is 0.686. The summed E-state index contributed by atoms with van der Waals surface area (Å²) in [5, 5.41) is 3.40. The van der Waals surface area contributed by atoms with Gasteiger partial charge in [0.15, 0.2) is 0 Å². The van der Waals surface area contributed by atoms with E-state index in [9.17, 15) is 8.42 Å². The Morgan fingerprint density at radius 1 is 1.16 bits per heavy atom. The van der Waals surface area contributed by atoms with Gasteiger partial charge in [-0.05, 0) is 31.2 Å². The summed E-state index contributed by atoms with van der Waals surface area (Å²) in [7, 11) is -0.00771. The summed E-state index contributed by atoms with van der Waals surface area (Å²) in [6, 6.07) is 0.686. The zero-order valence-corrected chi connectivity index (χ0v) is 13.8. The Hall–Kier alpha value is -0.170. The minimum Gasteiger partial charge on any atom is -0.314 e. The molecule has 0 saturated heterocycles. The molecule has 0 aromatic heterocycles. The Balaban J connectivity index is 2.36. The molecule has 6 heteroatoms. The largest absolute Gasteiger partial charge is 0.314 e. The minimum absolute atomic E-state index is 0.0316. The Labute approximate surface area is 118 Å². The Morgan fingerprint density at radius 2 is 1.74 bits per heavy atom. The molecule has 1 aliphatic carbocycles. The van der Waals surface area contributed by atoms with Gasteiger partial charge in [0, 0.05) is 33.2 Å². The highest BCUT2D eigenvalue weighted by atomic mass is 32.2. The normalized spacial score (nSPS) is 17.4. The molecular formula is C13H29N3O2S. The first-order valence-corrected chi connectivity index (χ1v) is 8.43. The SMILES string of the molecule is CN(CCCNC1CC1)S(=O)(=O)N(C)CC(C)(C)C. The first-order valence-electron chi connectivity index (χ1n) is 7.04. The van der Waals surface area contributed by atoms with Crippen molar-refractivity contribution in [1.82, 2.24) is 13.9 Å². The average molecular weight is 291 g/mol. The number of hydrogen-bond donors (Lipinski definition) is 1. The van der Waals surface area contributed by atoms with Crippen LogP contribution < -0.4 is 5.32 Å². The van der Waals surface area contributed by atoms with E-state index in [1.807, 2.05) is 20.8 Å². The molecule has 19 heavy (non-hydrogen) atoms. The summed E-state index contributed by atoms with van der Waals surface area (Å²) in [5.74, 6) is 0. The summed E-state index contributed by atoms with van der Waals surface area (Å²) in [4.78, 5) is 0. The molecule has 0 aliphatic heterocycles. The van der Waals surface area contributed by atoms with Crippen molar-refractivity contribution in [3.63, 3.8) is 0 Å². The highest BCUT2D eigenvalue weighted by molar-refractivity contribution is 7.86. The van der Waals surface area contributed by atoms with Crippen LogP contribution in [0.1, 0.15) is 40.0 Å². The predicted octanol–water partition coefficient (Wildman–Crippen LogP) is 1.28. The summed E-state index contributed by atoms with van der Waals surface area (Å²) in [6.07, 6.45) is 3.39. The lowest BCUT2D eigenvalue weighted by molar-refractivity contribution is 0.293. The number of rotatable bonds is 8. The number of nitrogens with one attached hydrogen (secondary N) is 1. The van der Waals surface area contributed by atoms with Crippen LogP contribution >= 0.6 is 0 Å². The second kappa shape index (κ2) is 6.52.